The van der Waals surface area contributed by atoms with Crippen LogP contribution in [0.3, 0.4) is 0 Å². The summed E-state index contributed by atoms with van der Waals surface area (Å²) in [5.74, 6) is -0.388. The molecule has 7 nitrogen and oxygen atoms in total. The molecule has 3 rings (SSSR count). The SMILES string of the molecule is C=CCn1c(O)c(C2=NNC(c3cccs3)C2)c(=O)[nH]c1=O. The minimum Gasteiger partial charge on any atom is -0.494 e. The Hall–Kier alpha value is -2.61. The second-order valence-electron chi connectivity index (χ2n) is 4.82. The maximum Gasteiger partial charge on any atom is 0.331 e. The van der Waals surface area contributed by atoms with Crippen LogP contribution in [0.2, 0.25) is 0 Å². The van der Waals surface area contributed by atoms with E-state index < -0.39 is 11.2 Å². The van der Waals surface area contributed by atoms with Crippen LogP contribution < -0.4 is 16.7 Å². The summed E-state index contributed by atoms with van der Waals surface area (Å²) in [7, 11) is 0. The molecule has 0 spiro atoms. The molecule has 3 heterocycles. The van der Waals surface area contributed by atoms with Crippen LogP contribution in [0.15, 0.2) is 44.9 Å². The summed E-state index contributed by atoms with van der Waals surface area (Å²) < 4.78 is 1.05. The number of nitrogens with zero attached hydrogens (tertiary/aromatic N) is 2. The standard InChI is InChI=1S/C14H14N4O3S/c1-2-5-18-13(20)11(12(19)15-14(18)21)9-7-8(16-17-9)10-4-3-6-22-10/h2-4,6,8,16,20H,1,5,7H2,(H,15,19,21). The minimum atomic E-state index is -0.674. The summed E-state index contributed by atoms with van der Waals surface area (Å²) >= 11 is 1.59. The van der Waals surface area contributed by atoms with Gasteiger partial charge in [0.25, 0.3) is 5.56 Å². The molecule has 22 heavy (non-hydrogen) atoms. The number of thiophene rings is 1. The number of H-pyrrole nitrogens is 1. The van der Waals surface area contributed by atoms with Crippen molar-refractivity contribution in [3.63, 3.8) is 0 Å². The van der Waals surface area contributed by atoms with Gasteiger partial charge in [0.15, 0.2) is 0 Å². The van der Waals surface area contributed by atoms with Crippen LogP contribution in [0.5, 0.6) is 5.88 Å². The lowest BCUT2D eigenvalue weighted by Gasteiger charge is -2.09. The van der Waals surface area contributed by atoms with Crippen molar-refractivity contribution in [3.05, 3.63) is 61.4 Å². The Bertz CT molecular complexity index is 848. The third kappa shape index (κ3) is 2.37. The van der Waals surface area contributed by atoms with Gasteiger partial charge in [-0.3, -0.25) is 14.3 Å². The van der Waals surface area contributed by atoms with Crippen LogP contribution in [0.1, 0.15) is 22.9 Å². The van der Waals surface area contributed by atoms with Gasteiger partial charge in [0, 0.05) is 17.8 Å². The Labute approximate surface area is 129 Å². The lowest BCUT2D eigenvalue weighted by atomic mass is 10.1. The van der Waals surface area contributed by atoms with E-state index in [1.165, 1.54) is 6.08 Å². The smallest absolute Gasteiger partial charge is 0.331 e. The van der Waals surface area contributed by atoms with Gasteiger partial charge >= 0.3 is 5.69 Å². The maximum atomic E-state index is 12.0. The van der Waals surface area contributed by atoms with E-state index >= 15 is 0 Å². The number of hydrogen-bond acceptors (Lipinski definition) is 6. The van der Waals surface area contributed by atoms with E-state index in [0.29, 0.717) is 12.1 Å². The highest BCUT2D eigenvalue weighted by molar-refractivity contribution is 7.10. The average Bonchev–Trinajstić information content (AvgIpc) is 3.13. The molecule has 2 aromatic rings. The Morgan fingerprint density at radius 2 is 2.36 bits per heavy atom. The molecule has 0 saturated carbocycles. The number of aromatic hydroxyl groups is 1. The van der Waals surface area contributed by atoms with Crippen LogP contribution >= 0.6 is 11.3 Å². The molecule has 114 valence electrons. The molecule has 1 unspecified atom stereocenters. The number of hydrazone groups is 1. The van der Waals surface area contributed by atoms with Crippen molar-refractivity contribution in [1.29, 1.82) is 0 Å². The van der Waals surface area contributed by atoms with Crippen molar-refractivity contribution in [2.24, 2.45) is 5.10 Å². The highest BCUT2D eigenvalue weighted by atomic mass is 32.1. The van der Waals surface area contributed by atoms with Gasteiger partial charge in [-0.15, -0.1) is 17.9 Å². The van der Waals surface area contributed by atoms with Crippen LogP contribution in [0, 0.1) is 0 Å². The van der Waals surface area contributed by atoms with Crippen molar-refractivity contribution in [2.75, 3.05) is 0 Å². The number of aromatic nitrogens is 2. The molecule has 0 amide bonds. The lowest BCUT2D eigenvalue weighted by Crippen LogP contribution is -2.33. The number of hydrogen-bond donors (Lipinski definition) is 3. The van der Waals surface area contributed by atoms with Gasteiger partial charge in [0.05, 0.1) is 11.8 Å². The van der Waals surface area contributed by atoms with E-state index in [9.17, 15) is 14.7 Å². The fourth-order valence-corrected chi connectivity index (χ4v) is 3.14. The molecule has 0 bridgehead atoms. The van der Waals surface area contributed by atoms with E-state index in [0.717, 1.165) is 9.44 Å². The number of allylic oxidation sites excluding steroid dienone is 1. The zero-order valence-corrected chi connectivity index (χ0v) is 12.4. The summed E-state index contributed by atoms with van der Waals surface area (Å²) in [6, 6.07) is 3.88. The lowest BCUT2D eigenvalue weighted by molar-refractivity contribution is 0.409. The number of nitrogens with one attached hydrogen (secondary N) is 2. The van der Waals surface area contributed by atoms with Gasteiger partial charge in [-0.1, -0.05) is 12.1 Å². The molecule has 0 fully saturated rings. The first-order valence-corrected chi connectivity index (χ1v) is 7.52. The normalized spacial score (nSPS) is 17.1. The van der Waals surface area contributed by atoms with Gasteiger partial charge in [0.2, 0.25) is 5.88 Å². The van der Waals surface area contributed by atoms with Crippen molar-refractivity contribution in [2.45, 2.75) is 19.0 Å². The van der Waals surface area contributed by atoms with Crippen molar-refractivity contribution < 1.29 is 5.11 Å². The molecular weight excluding hydrogens is 304 g/mol. The van der Waals surface area contributed by atoms with Gasteiger partial charge in [0.1, 0.15) is 5.56 Å². The summed E-state index contributed by atoms with van der Waals surface area (Å²) in [4.78, 5) is 27.0. The van der Waals surface area contributed by atoms with Crippen LogP contribution in [0.4, 0.5) is 0 Å². The topological polar surface area (TPSA) is 99.5 Å². The van der Waals surface area contributed by atoms with E-state index in [1.807, 2.05) is 17.5 Å². The number of aromatic amines is 1. The summed E-state index contributed by atoms with van der Waals surface area (Å²) in [6.07, 6.45) is 1.93. The average molecular weight is 318 g/mol. The third-order valence-electron chi connectivity index (χ3n) is 3.41. The third-order valence-corrected chi connectivity index (χ3v) is 4.40. The Morgan fingerprint density at radius 3 is 3.05 bits per heavy atom. The second kappa shape index (κ2) is 5.64. The Morgan fingerprint density at radius 1 is 1.55 bits per heavy atom. The van der Waals surface area contributed by atoms with Crippen molar-refractivity contribution in [1.82, 2.24) is 15.0 Å². The Kier molecular flexibility index (Phi) is 3.68. The van der Waals surface area contributed by atoms with Crippen LogP contribution in [-0.2, 0) is 6.54 Å². The fraction of sp³-hybridized carbons (Fsp3) is 0.214. The second-order valence-corrected chi connectivity index (χ2v) is 5.80. The largest absolute Gasteiger partial charge is 0.494 e. The molecule has 2 aromatic heterocycles. The predicted molar refractivity (Wildman–Crippen MR) is 84.5 cm³/mol. The summed E-state index contributed by atoms with van der Waals surface area (Å²) in [6.45, 7) is 3.63. The van der Waals surface area contributed by atoms with Crippen LogP contribution in [0.25, 0.3) is 0 Å². The van der Waals surface area contributed by atoms with Crippen molar-refractivity contribution in [3.8, 4) is 5.88 Å². The molecule has 0 radical (unpaired) electrons. The Balaban J connectivity index is 1.99. The minimum absolute atomic E-state index is 0.0213. The molecule has 3 N–H and O–H groups in total. The van der Waals surface area contributed by atoms with Gasteiger partial charge in [-0.2, -0.15) is 5.10 Å². The molecule has 1 atom stereocenters. The van der Waals surface area contributed by atoms with Crippen molar-refractivity contribution >= 4 is 17.0 Å². The van der Waals surface area contributed by atoms with E-state index in [-0.39, 0.29) is 24.0 Å². The highest BCUT2D eigenvalue weighted by Gasteiger charge is 2.27. The first-order valence-electron chi connectivity index (χ1n) is 6.64. The van der Waals surface area contributed by atoms with E-state index in [2.05, 4.69) is 22.1 Å². The molecule has 0 saturated heterocycles. The predicted octanol–water partition coefficient (Wildman–Crippen LogP) is 0.928. The molecule has 0 aromatic carbocycles. The molecule has 1 aliphatic heterocycles. The van der Waals surface area contributed by atoms with Gasteiger partial charge in [-0.05, 0) is 11.4 Å². The maximum absolute atomic E-state index is 12.0. The molecule has 1 aliphatic rings. The van der Waals surface area contributed by atoms with Gasteiger partial charge < -0.3 is 10.5 Å². The number of rotatable bonds is 4. The monoisotopic (exact) mass is 318 g/mol. The zero-order chi connectivity index (χ0) is 15.7. The van der Waals surface area contributed by atoms with E-state index in [1.54, 1.807) is 11.3 Å². The fourth-order valence-electron chi connectivity index (χ4n) is 2.37. The quantitative estimate of drug-likeness (QED) is 0.730. The summed E-state index contributed by atoms with van der Waals surface area (Å²) in [5, 5.41) is 16.4. The zero-order valence-electron chi connectivity index (χ0n) is 11.6. The summed E-state index contributed by atoms with van der Waals surface area (Å²) in [5.41, 5.74) is 2.09. The highest BCUT2D eigenvalue weighted by Crippen LogP contribution is 2.28. The van der Waals surface area contributed by atoms with Gasteiger partial charge in [-0.25, -0.2) is 4.79 Å². The molecule has 0 aliphatic carbocycles. The first kappa shape index (κ1) is 14.3. The van der Waals surface area contributed by atoms with Crippen LogP contribution in [-0.4, -0.2) is 20.4 Å². The van der Waals surface area contributed by atoms with E-state index in [4.69, 9.17) is 0 Å². The molecular formula is C14H14N4O3S. The molecule has 8 heteroatoms. The first-order chi connectivity index (χ1) is 10.6.